The van der Waals surface area contributed by atoms with Gasteiger partial charge < -0.3 is 24.1 Å². The van der Waals surface area contributed by atoms with Gasteiger partial charge in [-0.05, 0) is 66.3 Å². The van der Waals surface area contributed by atoms with E-state index in [1.807, 2.05) is 72.8 Å². The maximum Gasteiger partial charge on any atom is 0.344 e. The average Bonchev–Trinajstić information content (AvgIpc) is 3.06. The van der Waals surface area contributed by atoms with Gasteiger partial charge in [0.15, 0.2) is 6.61 Å². The van der Waals surface area contributed by atoms with Crippen molar-refractivity contribution < 1.29 is 38.4 Å². The molecular weight excluding hydrogens is 560 g/mol. The molecule has 0 aliphatic rings. The van der Waals surface area contributed by atoms with Crippen LogP contribution in [0.2, 0.25) is 0 Å². The molecular formula is C36H38O8. The molecule has 0 heterocycles. The molecule has 0 amide bonds. The smallest absolute Gasteiger partial charge is 0.344 e. The summed E-state index contributed by atoms with van der Waals surface area (Å²) in [5.74, 6) is -0.0185. The second kappa shape index (κ2) is 19.2. The number of esters is 3. The molecule has 8 heteroatoms. The van der Waals surface area contributed by atoms with Crippen LogP contribution in [0.25, 0.3) is 0 Å². The Hall–Kier alpha value is -5.11. The van der Waals surface area contributed by atoms with Crippen molar-refractivity contribution in [2.75, 3.05) is 13.2 Å². The van der Waals surface area contributed by atoms with E-state index in [2.05, 4.69) is 0 Å². The van der Waals surface area contributed by atoms with Gasteiger partial charge in [-0.25, -0.2) is 4.79 Å². The summed E-state index contributed by atoms with van der Waals surface area (Å²) in [6.07, 6.45) is 1.87. The lowest BCUT2D eigenvalue weighted by molar-refractivity contribution is -0.146. The Kier molecular flexibility index (Phi) is 14.5. The van der Waals surface area contributed by atoms with Crippen LogP contribution in [0, 0.1) is 0 Å². The molecule has 4 rings (SSSR count). The second-order valence-corrected chi connectivity index (χ2v) is 9.70. The lowest BCUT2D eigenvalue weighted by Gasteiger charge is -2.07. The van der Waals surface area contributed by atoms with Crippen LogP contribution < -0.4 is 4.74 Å². The molecule has 0 fully saturated rings. The fourth-order valence-electron chi connectivity index (χ4n) is 3.87. The normalized spacial score (nSPS) is 10.1. The summed E-state index contributed by atoms with van der Waals surface area (Å²) in [5, 5.41) is 9.15. The summed E-state index contributed by atoms with van der Waals surface area (Å²) in [5.41, 5.74) is 3.97. The van der Waals surface area contributed by atoms with Crippen molar-refractivity contribution in [3.05, 3.63) is 131 Å². The van der Waals surface area contributed by atoms with Gasteiger partial charge in [0, 0.05) is 12.8 Å². The van der Waals surface area contributed by atoms with E-state index >= 15 is 0 Å². The monoisotopic (exact) mass is 598 g/mol. The van der Waals surface area contributed by atoms with Crippen molar-refractivity contribution in [3.63, 3.8) is 0 Å². The lowest BCUT2D eigenvalue weighted by Crippen LogP contribution is -2.14. The van der Waals surface area contributed by atoms with Crippen molar-refractivity contribution in [1.29, 1.82) is 0 Å². The highest BCUT2D eigenvalue weighted by atomic mass is 16.6. The van der Waals surface area contributed by atoms with Crippen molar-refractivity contribution in [2.24, 2.45) is 0 Å². The number of carbonyl (C=O) groups excluding carboxylic acids is 3. The minimum Gasteiger partial charge on any atom is -0.508 e. The minimum atomic E-state index is -0.396. The predicted molar refractivity (Wildman–Crippen MR) is 166 cm³/mol. The van der Waals surface area contributed by atoms with Gasteiger partial charge in [-0.3, -0.25) is 9.59 Å². The number of phenolic OH excluding ortho intramolecular Hbond substituents is 1. The number of hydrogen-bond donors (Lipinski definition) is 1. The Bertz CT molecular complexity index is 1400. The van der Waals surface area contributed by atoms with Gasteiger partial charge in [0.25, 0.3) is 0 Å². The van der Waals surface area contributed by atoms with Crippen LogP contribution in [0.15, 0.2) is 109 Å². The highest BCUT2D eigenvalue weighted by Gasteiger charge is 2.07. The molecule has 0 saturated carbocycles. The third kappa shape index (κ3) is 13.7. The molecule has 0 aliphatic carbocycles. The highest BCUT2D eigenvalue weighted by molar-refractivity contribution is 5.71. The first-order chi connectivity index (χ1) is 21.4. The topological polar surface area (TPSA) is 108 Å². The molecule has 44 heavy (non-hydrogen) atoms. The van der Waals surface area contributed by atoms with Crippen LogP contribution in [0.3, 0.4) is 0 Å². The summed E-state index contributed by atoms with van der Waals surface area (Å²) in [6, 6.07) is 33.3. The van der Waals surface area contributed by atoms with Crippen LogP contribution in [0.5, 0.6) is 11.5 Å². The summed E-state index contributed by atoms with van der Waals surface area (Å²) < 4.78 is 20.5. The van der Waals surface area contributed by atoms with Gasteiger partial charge in [-0.2, -0.15) is 0 Å². The zero-order chi connectivity index (χ0) is 31.4. The number of carbonyl (C=O) groups is 3. The minimum absolute atomic E-state index is 0.112. The fourth-order valence-corrected chi connectivity index (χ4v) is 3.87. The van der Waals surface area contributed by atoms with E-state index in [0.717, 1.165) is 22.3 Å². The van der Waals surface area contributed by atoms with E-state index in [1.165, 1.54) is 0 Å². The van der Waals surface area contributed by atoms with Crippen LogP contribution in [-0.2, 0) is 54.6 Å². The number of rotatable bonds is 14. The summed E-state index contributed by atoms with van der Waals surface area (Å²) >= 11 is 0. The third-order valence-corrected chi connectivity index (χ3v) is 6.24. The zero-order valence-electron chi connectivity index (χ0n) is 24.9. The van der Waals surface area contributed by atoms with Crippen LogP contribution in [0.1, 0.15) is 42.0 Å². The summed E-state index contributed by atoms with van der Waals surface area (Å²) in [7, 11) is 0. The Morgan fingerprint density at radius 3 is 1.45 bits per heavy atom. The van der Waals surface area contributed by atoms with Crippen molar-refractivity contribution in [1.82, 2.24) is 0 Å². The molecule has 0 aliphatic heterocycles. The molecule has 0 unspecified atom stereocenters. The number of ether oxygens (including phenoxy) is 4. The Morgan fingerprint density at radius 2 is 1.00 bits per heavy atom. The molecule has 8 nitrogen and oxygen atoms in total. The first-order valence-electron chi connectivity index (χ1n) is 14.5. The van der Waals surface area contributed by atoms with Gasteiger partial charge in [-0.15, -0.1) is 0 Å². The van der Waals surface area contributed by atoms with Crippen molar-refractivity contribution in [3.8, 4) is 11.5 Å². The summed E-state index contributed by atoms with van der Waals surface area (Å²) in [4.78, 5) is 34.6. The first kappa shape index (κ1) is 33.4. The van der Waals surface area contributed by atoms with Gasteiger partial charge in [-0.1, -0.05) is 84.9 Å². The van der Waals surface area contributed by atoms with Crippen molar-refractivity contribution in [2.45, 2.75) is 45.8 Å². The van der Waals surface area contributed by atoms with Gasteiger partial charge in [0.2, 0.25) is 0 Å². The fraction of sp³-hybridized carbons (Fsp3) is 0.250. The summed E-state index contributed by atoms with van der Waals surface area (Å²) in [6.45, 7) is 2.58. The largest absolute Gasteiger partial charge is 0.508 e. The molecule has 0 bridgehead atoms. The molecule has 0 aromatic heterocycles. The molecule has 1 N–H and O–H groups in total. The Labute approximate surface area is 258 Å². The maximum absolute atomic E-state index is 11.8. The standard InChI is InChI=1S/C20H22O5.C16H16O3/c1-2-23-20(22)15-24-18-11-8-16(9-12-18)10-13-19(21)25-14-17-6-4-3-5-7-17;17-15-9-6-13(7-10-15)8-11-16(18)19-12-14-4-2-1-3-5-14/h3-9,11-12H,2,10,13-15H2,1H3;1-7,9-10,17H,8,11-12H2. The number of hydrogen-bond acceptors (Lipinski definition) is 8. The Morgan fingerprint density at radius 1 is 0.545 bits per heavy atom. The van der Waals surface area contributed by atoms with Gasteiger partial charge in [0.05, 0.1) is 6.61 Å². The quantitative estimate of drug-likeness (QED) is 0.132. The van der Waals surface area contributed by atoms with Crippen LogP contribution >= 0.6 is 0 Å². The first-order valence-corrected chi connectivity index (χ1v) is 14.5. The van der Waals surface area contributed by atoms with E-state index in [0.29, 0.717) is 51.3 Å². The SMILES string of the molecule is CCOC(=O)COc1ccc(CCC(=O)OCc2ccccc2)cc1.O=C(CCc1ccc(O)cc1)OCc1ccccc1. The molecule has 0 spiro atoms. The molecule has 4 aromatic carbocycles. The molecule has 0 saturated heterocycles. The third-order valence-electron chi connectivity index (χ3n) is 6.24. The van der Waals surface area contributed by atoms with E-state index in [4.69, 9.17) is 24.1 Å². The molecule has 0 atom stereocenters. The zero-order valence-corrected chi connectivity index (χ0v) is 24.9. The predicted octanol–water partition coefficient (Wildman–Crippen LogP) is 6.37. The average molecular weight is 599 g/mol. The van der Waals surface area contributed by atoms with Gasteiger partial charge >= 0.3 is 17.9 Å². The highest BCUT2D eigenvalue weighted by Crippen LogP contribution is 2.14. The van der Waals surface area contributed by atoms with E-state index in [1.54, 1.807) is 43.3 Å². The molecule has 230 valence electrons. The van der Waals surface area contributed by atoms with E-state index in [-0.39, 0.29) is 24.3 Å². The van der Waals surface area contributed by atoms with E-state index < -0.39 is 5.97 Å². The number of aryl methyl sites for hydroxylation is 2. The van der Waals surface area contributed by atoms with Crippen LogP contribution in [0.4, 0.5) is 0 Å². The second-order valence-electron chi connectivity index (χ2n) is 9.70. The van der Waals surface area contributed by atoms with Crippen molar-refractivity contribution >= 4 is 17.9 Å². The Balaban J connectivity index is 0.000000249. The number of phenols is 1. The van der Waals surface area contributed by atoms with E-state index in [9.17, 15) is 14.4 Å². The van der Waals surface area contributed by atoms with Gasteiger partial charge in [0.1, 0.15) is 24.7 Å². The number of aromatic hydroxyl groups is 1. The maximum atomic E-state index is 11.8. The number of benzene rings is 4. The lowest BCUT2D eigenvalue weighted by atomic mass is 10.1. The molecule has 0 radical (unpaired) electrons. The van der Waals surface area contributed by atoms with Crippen LogP contribution in [-0.4, -0.2) is 36.2 Å². The molecule has 4 aromatic rings.